The molecule has 2 aromatic heterocycles. The van der Waals surface area contributed by atoms with E-state index >= 15 is 0 Å². The molecule has 0 spiro atoms. The molecule has 5 aromatic rings. The lowest BCUT2D eigenvalue weighted by atomic mass is 10.2. The molecule has 1 amide bonds. The van der Waals surface area contributed by atoms with Crippen molar-refractivity contribution in [2.24, 2.45) is 0 Å². The summed E-state index contributed by atoms with van der Waals surface area (Å²) in [6.07, 6.45) is 1.62. The second-order valence-corrected chi connectivity index (χ2v) is 7.40. The summed E-state index contributed by atoms with van der Waals surface area (Å²) in [4.78, 5) is 17.5. The Bertz CT molecular complexity index is 1280. The maximum atomic E-state index is 12.8. The van der Waals surface area contributed by atoms with E-state index in [-0.39, 0.29) is 11.6 Å². The number of nitrogens with one attached hydrogen (secondary N) is 1. The van der Waals surface area contributed by atoms with Crippen LogP contribution in [0.15, 0.2) is 85.1 Å². The van der Waals surface area contributed by atoms with Crippen LogP contribution in [0.4, 0.5) is 5.69 Å². The Morgan fingerprint density at radius 1 is 0.897 bits per heavy atom. The lowest BCUT2D eigenvalue weighted by Gasteiger charge is -2.07. The third-order valence-corrected chi connectivity index (χ3v) is 5.52. The Labute approximate surface area is 170 Å². The molecular weight excluding hydrogens is 382 g/mol. The van der Waals surface area contributed by atoms with Crippen LogP contribution >= 0.6 is 11.3 Å². The van der Waals surface area contributed by atoms with E-state index in [2.05, 4.69) is 15.6 Å². The van der Waals surface area contributed by atoms with Gasteiger partial charge in [0.15, 0.2) is 5.69 Å². The van der Waals surface area contributed by atoms with Gasteiger partial charge in [-0.3, -0.25) is 4.79 Å². The number of carbonyl (C=O) groups excluding carboxylic acids is 1. The molecule has 140 valence electrons. The van der Waals surface area contributed by atoms with Gasteiger partial charge >= 0.3 is 0 Å². The predicted molar refractivity (Wildman–Crippen MR) is 114 cm³/mol. The molecule has 0 unspecified atom stereocenters. The van der Waals surface area contributed by atoms with Gasteiger partial charge in [-0.1, -0.05) is 47.7 Å². The van der Waals surface area contributed by atoms with E-state index in [1.54, 1.807) is 22.2 Å². The molecule has 3 aromatic carbocycles. The number of benzene rings is 3. The minimum absolute atomic E-state index is 0.243. The zero-order valence-corrected chi connectivity index (χ0v) is 16.0. The largest absolute Gasteiger partial charge is 0.320 e. The molecule has 0 aliphatic rings. The number of hydrogen-bond acceptors (Lipinski definition) is 5. The molecule has 1 N–H and O–H groups in total. The maximum Gasteiger partial charge on any atom is 0.277 e. The number of anilines is 1. The molecule has 2 heterocycles. The Hall–Kier alpha value is -3.84. The summed E-state index contributed by atoms with van der Waals surface area (Å²) in [5.41, 5.74) is 3.59. The molecule has 0 atom stereocenters. The highest BCUT2D eigenvalue weighted by Gasteiger charge is 2.16. The first-order valence-electron chi connectivity index (χ1n) is 9.02. The number of hydrogen-bond donors (Lipinski definition) is 1. The van der Waals surface area contributed by atoms with Gasteiger partial charge < -0.3 is 5.32 Å². The summed E-state index contributed by atoms with van der Waals surface area (Å²) in [5.74, 6) is -0.319. The van der Waals surface area contributed by atoms with Crippen molar-refractivity contribution in [3.05, 3.63) is 90.8 Å². The van der Waals surface area contributed by atoms with Crippen LogP contribution in [0.1, 0.15) is 10.5 Å². The van der Waals surface area contributed by atoms with Crippen LogP contribution in [0.2, 0.25) is 0 Å². The van der Waals surface area contributed by atoms with E-state index < -0.39 is 0 Å². The summed E-state index contributed by atoms with van der Waals surface area (Å²) >= 11 is 1.59. The van der Waals surface area contributed by atoms with Crippen LogP contribution in [0.5, 0.6) is 0 Å². The van der Waals surface area contributed by atoms with Gasteiger partial charge in [0.2, 0.25) is 0 Å². The zero-order chi connectivity index (χ0) is 19.6. The van der Waals surface area contributed by atoms with Crippen LogP contribution in [-0.4, -0.2) is 25.9 Å². The normalized spacial score (nSPS) is 10.9. The van der Waals surface area contributed by atoms with Crippen molar-refractivity contribution >= 4 is 33.1 Å². The number of fused-ring (bicyclic) bond motifs is 1. The van der Waals surface area contributed by atoms with E-state index in [1.807, 2.05) is 78.9 Å². The SMILES string of the molecule is O=C(Nc1ccccc1-c1nc2ccccc2s1)c1cn(-c2ccccc2)nn1. The molecule has 0 aliphatic carbocycles. The molecule has 0 bridgehead atoms. The topological polar surface area (TPSA) is 72.7 Å². The Morgan fingerprint density at radius 2 is 1.66 bits per heavy atom. The number of rotatable bonds is 4. The average molecular weight is 397 g/mol. The molecular formula is C22H15N5OS. The highest BCUT2D eigenvalue weighted by Crippen LogP contribution is 2.34. The first kappa shape index (κ1) is 17.3. The van der Waals surface area contributed by atoms with Crippen molar-refractivity contribution in [2.45, 2.75) is 0 Å². The number of nitrogens with zero attached hydrogens (tertiary/aromatic N) is 4. The fourth-order valence-electron chi connectivity index (χ4n) is 3.03. The van der Waals surface area contributed by atoms with Gasteiger partial charge in [-0.05, 0) is 36.4 Å². The zero-order valence-electron chi connectivity index (χ0n) is 15.2. The van der Waals surface area contributed by atoms with Crippen LogP contribution in [-0.2, 0) is 0 Å². The van der Waals surface area contributed by atoms with Gasteiger partial charge in [0.1, 0.15) is 5.01 Å². The molecule has 7 heteroatoms. The number of amides is 1. The molecule has 6 nitrogen and oxygen atoms in total. The molecule has 29 heavy (non-hydrogen) atoms. The third kappa shape index (κ3) is 3.39. The van der Waals surface area contributed by atoms with Crippen LogP contribution in [0, 0.1) is 0 Å². The summed E-state index contributed by atoms with van der Waals surface area (Å²) in [7, 11) is 0. The van der Waals surface area contributed by atoms with Crippen molar-refractivity contribution < 1.29 is 4.79 Å². The van der Waals surface area contributed by atoms with Crippen LogP contribution in [0.25, 0.3) is 26.5 Å². The standard InChI is InChI=1S/C22H15N5OS/c28-21(19-14-27(26-25-19)15-8-2-1-3-9-15)23-17-11-5-4-10-16(17)22-24-18-12-6-7-13-20(18)29-22/h1-14H,(H,23,28). The molecule has 0 saturated carbocycles. The second-order valence-electron chi connectivity index (χ2n) is 6.37. The first-order valence-corrected chi connectivity index (χ1v) is 9.84. The molecule has 0 fully saturated rings. The Balaban J connectivity index is 1.44. The summed E-state index contributed by atoms with van der Waals surface area (Å²) in [5, 5.41) is 11.9. The van der Waals surface area contributed by atoms with Crippen LogP contribution < -0.4 is 5.32 Å². The van der Waals surface area contributed by atoms with Crippen LogP contribution in [0.3, 0.4) is 0 Å². The summed E-state index contributed by atoms with van der Waals surface area (Å²) < 4.78 is 2.68. The van der Waals surface area contributed by atoms with Gasteiger partial charge in [-0.15, -0.1) is 16.4 Å². The van der Waals surface area contributed by atoms with E-state index in [9.17, 15) is 4.79 Å². The average Bonchev–Trinajstić information content (AvgIpc) is 3.42. The predicted octanol–water partition coefficient (Wildman–Crippen LogP) is 4.80. The van der Waals surface area contributed by atoms with E-state index in [4.69, 9.17) is 4.98 Å². The van der Waals surface area contributed by atoms with E-state index in [1.165, 1.54) is 0 Å². The fourth-order valence-corrected chi connectivity index (χ4v) is 4.03. The number of carbonyl (C=O) groups is 1. The van der Waals surface area contributed by atoms with Gasteiger partial charge in [0, 0.05) is 5.56 Å². The van der Waals surface area contributed by atoms with Crippen molar-refractivity contribution in [3.63, 3.8) is 0 Å². The summed E-state index contributed by atoms with van der Waals surface area (Å²) in [6.45, 7) is 0. The highest BCUT2D eigenvalue weighted by atomic mass is 32.1. The Morgan fingerprint density at radius 3 is 2.52 bits per heavy atom. The van der Waals surface area contributed by atoms with Gasteiger partial charge in [0.25, 0.3) is 5.91 Å². The van der Waals surface area contributed by atoms with Crippen molar-refractivity contribution in [1.82, 2.24) is 20.0 Å². The van der Waals surface area contributed by atoms with Gasteiger partial charge in [0.05, 0.1) is 27.8 Å². The van der Waals surface area contributed by atoms with E-state index in [0.29, 0.717) is 5.69 Å². The summed E-state index contributed by atoms with van der Waals surface area (Å²) in [6, 6.07) is 25.2. The Kier molecular flexibility index (Phi) is 4.34. The second kappa shape index (κ2) is 7.29. The molecule has 0 radical (unpaired) electrons. The number of aromatic nitrogens is 4. The lowest BCUT2D eigenvalue weighted by Crippen LogP contribution is -2.13. The van der Waals surface area contributed by atoms with Crippen molar-refractivity contribution in [1.29, 1.82) is 0 Å². The van der Waals surface area contributed by atoms with Gasteiger partial charge in [-0.2, -0.15) is 0 Å². The van der Waals surface area contributed by atoms with Crippen molar-refractivity contribution in [3.8, 4) is 16.3 Å². The first-order chi connectivity index (χ1) is 14.3. The van der Waals surface area contributed by atoms with Crippen molar-refractivity contribution in [2.75, 3.05) is 5.32 Å². The minimum Gasteiger partial charge on any atom is -0.320 e. The maximum absolute atomic E-state index is 12.8. The fraction of sp³-hybridized carbons (Fsp3) is 0. The minimum atomic E-state index is -0.319. The van der Waals surface area contributed by atoms with Gasteiger partial charge in [-0.25, -0.2) is 9.67 Å². The quantitative estimate of drug-likeness (QED) is 0.473. The number of para-hydroxylation sites is 3. The molecule has 5 rings (SSSR count). The third-order valence-electron chi connectivity index (χ3n) is 4.45. The number of thiazole rings is 1. The molecule has 0 saturated heterocycles. The monoisotopic (exact) mass is 397 g/mol. The smallest absolute Gasteiger partial charge is 0.277 e. The lowest BCUT2D eigenvalue weighted by molar-refractivity contribution is 0.102. The van der Waals surface area contributed by atoms with E-state index in [0.717, 1.165) is 26.5 Å². The molecule has 0 aliphatic heterocycles. The highest BCUT2D eigenvalue weighted by molar-refractivity contribution is 7.21.